The van der Waals surface area contributed by atoms with Crippen molar-refractivity contribution in [2.45, 2.75) is 39.2 Å². The first-order chi connectivity index (χ1) is 12.1. The number of carbonyl (C=O) groups excluding carboxylic acids is 2. The number of carbonyl (C=O) groups is 2. The quantitative estimate of drug-likeness (QED) is 0.743. The fourth-order valence-corrected chi connectivity index (χ4v) is 2.82. The highest BCUT2D eigenvalue weighted by Gasteiger charge is 2.16. The number of anilines is 1. The lowest BCUT2D eigenvalue weighted by atomic mass is 10.1. The molecule has 0 aromatic heterocycles. The van der Waals surface area contributed by atoms with Crippen molar-refractivity contribution in [3.63, 3.8) is 0 Å². The van der Waals surface area contributed by atoms with Gasteiger partial charge in [-0.15, -0.1) is 0 Å². The lowest BCUT2D eigenvalue weighted by Gasteiger charge is -2.18. The maximum Gasteiger partial charge on any atom is 0.250 e. The first-order valence-corrected chi connectivity index (χ1v) is 8.98. The van der Waals surface area contributed by atoms with Crippen molar-refractivity contribution in [1.29, 1.82) is 0 Å². The molecule has 2 rings (SSSR count). The molecule has 0 spiro atoms. The molecule has 1 fully saturated rings. The maximum absolute atomic E-state index is 12.1. The third-order valence-corrected chi connectivity index (χ3v) is 4.27. The number of nitrogens with zero attached hydrogens (tertiary/aromatic N) is 1. The Morgan fingerprint density at radius 2 is 1.96 bits per heavy atom. The monoisotopic (exact) mass is 348 g/mol. The predicted molar refractivity (Wildman–Crippen MR) is 96.5 cm³/mol. The Kier molecular flexibility index (Phi) is 7.88. The normalized spacial score (nSPS) is 16.6. The van der Waals surface area contributed by atoms with E-state index in [-0.39, 0.29) is 24.5 Å². The molecule has 1 N–H and O–H groups in total. The summed E-state index contributed by atoms with van der Waals surface area (Å²) in [4.78, 5) is 25.8. The average molecular weight is 348 g/mol. The minimum absolute atomic E-state index is 0.0159. The predicted octanol–water partition coefficient (Wildman–Crippen LogP) is 2.23. The van der Waals surface area contributed by atoms with Gasteiger partial charge in [-0.1, -0.05) is 12.1 Å². The summed E-state index contributed by atoms with van der Waals surface area (Å²) in [7, 11) is 0. The summed E-state index contributed by atoms with van der Waals surface area (Å²) in [5.74, 6) is -0.0747. The van der Waals surface area contributed by atoms with Crippen LogP contribution >= 0.6 is 0 Å². The molecule has 0 bridgehead atoms. The minimum Gasteiger partial charge on any atom is -0.376 e. The molecule has 1 aliphatic rings. The molecule has 0 aliphatic carbocycles. The summed E-state index contributed by atoms with van der Waals surface area (Å²) in [5.41, 5.74) is 1.63. The van der Waals surface area contributed by atoms with E-state index in [1.165, 1.54) is 0 Å². The molecule has 2 amide bonds. The van der Waals surface area contributed by atoms with Crippen LogP contribution in [0.3, 0.4) is 0 Å². The van der Waals surface area contributed by atoms with Gasteiger partial charge in [0.1, 0.15) is 6.61 Å². The summed E-state index contributed by atoms with van der Waals surface area (Å²) in [5, 5.41) is 2.79. The van der Waals surface area contributed by atoms with Crippen LogP contribution < -0.4 is 5.32 Å². The molecule has 25 heavy (non-hydrogen) atoms. The maximum atomic E-state index is 12.1. The number of benzene rings is 1. The Morgan fingerprint density at radius 1 is 1.24 bits per heavy atom. The zero-order valence-electron chi connectivity index (χ0n) is 15.1. The molecule has 1 aromatic rings. The van der Waals surface area contributed by atoms with Crippen molar-refractivity contribution in [1.82, 2.24) is 4.90 Å². The number of hydrogen-bond donors (Lipinski definition) is 1. The summed E-state index contributed by atoms with van der Waals surface area (Å²) < 4.78 is 10.8. The topological polar surface area (TPSA) is 67.9 Å². The highest BCUT2D eigenvalue weighted by Crippen LogP contribution is 2.13. The van der Waals surface area contributed by atoms with E-state index < -0.39 is 0 Å². The first-order valence-electron chi connectivity index (χ1n) is 8.98. The first kappa shape index (κ1) is 19.4. The van der Waals surface area contributed by atoms with E-state index in [0.29, 0.717) is 18.7 Å². The Labute approximate surface area is 149 Å². The smallest absolute Gasteiger partial charge is 0.250 e. The van der Waals surface area contributed by atoms with E-state index >= 15 is 0 Å². The van der Waals surface area contributed by atoms with E-state index in [9.17, 15) is 9.59 Å². The van der Waals surface area contributed by atoms with Crippen LogP contribution in [0.2, 0.25) is 0 Å². The second kappa shape index (κ2) is 10.2. The van der Waals surface area contributed by atoms with Crippen molar-refractivity contribution < 1.29 is 19.1 Å². The van der Waals surface area contributed by atoms with Crippen LogP contribution in [0, 0.1) is 0 Å². The lowest BCUT2D eigenvalue weighted by Crippen LogP contribution is -2.31. The molecule has 6 nitrogen and oxygen atoms in total. The summed E-state index contributed by atoms with van der Waals surface area (Å²) in [6, 6.07) is 7.35. The van der Waals surface area contributed by atoms with Gasteiger partial charge in [-0.25, -0.2) is 0 Å². The van der Waals surface area contributed by atoms with Gasteiger partial charge in [-0.05, 0) is 44.4 Å². The Bertz CT molecular complexity index is 549. The molecule has 138 valence electrons. The fraction of sp³-hybridized carbons (Fsp3) is 0.579. The third kappa shape index (κ3) is 6.48. The fourth-order valence-electron chi connectivity index (χ4n) is 2.82. The van der Waals surface area contributed by atoms with Gasteiger partial charge in [0.15, 0.2) is 0 Å². The molecular weight excluding hydrogens is 320 g/mol. The SMILES string of the molecule is CCN(CC)C(=O)Cc1ccc(NC(=O)COCC2CCCO2)cc1. The molecule has 1 aliphatic heterocycles. The number of hydrogen-bond acceptors (Lipinski definition) is 4. The largest absolute Gasteiger partial charge is 0.376 e. The van der Waals surface area contributed by atoms with Crippen LogP contribution in [0.1, 0.15) is 32.3 Å². The van der Waals surface area contributed by atoms with Crippen molar-refractivity contribution in [2.24, 2.45) is 0 Å². The Morgan fingerprint density at radius 3 is 2.56 bits per heavy atom. The van der Waals surface area contributed by atoms with Crippen LogP contribution in [-0.4, -0.2) is 55.7 Å². The van der Waals surface area contributed by atoms with Crippen molar-refractivity contribution >= 4 is 17.5 Å². The second-order valence-corrected chi connectivity index (χ2v) is 6.14. The van der Waals surface area contributed by atoms with Gasteiger partial charge in [0.2, 0.25) is 11.8 Å². The molecular formula is C19H28N2O4. The van der Waals surface area contributed by atoms with Crippen molar-refractivity contribution in [3.05, 3.63) is 29.8 Å². The molecule has 0 saturated carbocycles. The van der Waals surface area contributed by atoms with Gasteiger partial charge in [-0.2, -0.15) is 0 Å². The second-order valence-electron chi connectivity index (χ2n) is 6.14. The average Bonchev–Trinajstić information content (AvgIpc) is 3.11. The van der Waals surface area contributed by atoms with Crippen LogP contribution in [0.15, 0.2) is 24.3 Å². The summed E-state index contributed by atoms with van der Waals surface area (Å²) in [6.45, 7) is 6.64. The number of rotatable bonds is 9. The van der Waals surface area contributed by atoms with Crippen LogP contribution in [0.25, 0.3) is 0 Å². The molecule has 1 aromatic carbocycles. The lowest BCUT2D eigenvalue weighted by molar-refractivity contribution is -0.130. The van der Waals surface area contributed by atoms with Gasteiger partial charge < -0.3 is 19.7 Å². The van der Waals surface area contributed by atoms with E-state index in [1.54, 1.807) is 4.90 Å². The molecule has 0 radical (unpaired) electrons. The van der Waals surface area contributed by atoms with Crippen LogP contribution in [-0.2, 0) is 25.5 Å². The summed E-state index contributed by atoms with van der Waals surface area (Å²) >= 11 is 0. The number of likely N-dealkylation sites (N-methyl/N-ethyl adjacent to an activating group) is 1. The van der Waals surface area contributed by atoms with Crippen molar-refractivity contribution in [2.75, 3.05) is 38.2 Å². The Hall–Kier alpha value is -1.92. The van der Waals surface area contributed by atoms with Gasteiger partial charge >= 0.3 is 0 Å². The van der Waals surface area contributed by atoms with E-state index in [0.717, 1.165) is 38.1 Å². The summed E-state index contributed by atoms with van der Waals surface area (Å²) in [6.07, 6.45) is 2.55. The van der Waals surface area contributed by atoms with Gasteiger partial charge in [0.05, 0.1) is 19.1 Å². The van der Waals surface area contributed by atoms with Crippen LogP contribution in [0.5, 0.6) is 0 Å². The van der Waals surface area contributed by atoms with Gasteiger partial charge in [-0.3, -0.25) is 9.59 Å². The van der Waals surface area contributed by atoms with E-state index in [4.69, 9.17) is 9.47 Å². The molecule has 1 saturated heterocycles. The number of ether oxygens (including phenoxy) is 2. The van der Waals surface area contributed by atoms with Gasteiger partial charge in [0.25, 0.3) is 0 Å². The van der Waals surface area contributed by atoms with E-state index in [2.05, 4.69) is 5.32 Å². The highest BCUT2D eigenvalue weighted by molar-refractivity contribution is 5.91. The standard InChI is InChI=1S/C19H28N2O4/c1-3-21(4-2)19(23)12-15-7-9-16(10-8-15)20-18(22)14-24-13-17-6-5-11-25-17/h7-10,17H,3-6,11-14H2,1-2H3,(H,20,22). The van der Waals surface area contributed by atoms with Crippen LogP contribution in [0.4, 0.5) is 5.69 Å². The van der Waals surface area contributed by atoms with Crippen molar-refractivity contribution in [3.8, 4) is 0 Å². The number of amides is 2. The minimum atomic E-state index is -0.190. The third-order valence-electron chi connectivity index (χ3n) is 4.27. The van der Waals surface area contributed by atoms with Gasteiger partial charge in [0, 0.05) is 25.4 Å². The Balaban J connectivity index is 1.73. The zero-order valence-corrected chi connectivity index (χ0v) is 15.1. The highest BCUT2D eigenvalue weighted by atomic mass is 16.5. The van der Waals surface area contributed by atoms with E-state index in [1.807, 2.05) is 38.1 Å². The molecule has 1 atom stereocenters. The molecule has 1 unspecified atom stereocenters. The zero-order chi connectivity index (χ0) is 18.1. The molecule has 1 heterocycles. The number of nitrogens with one attached hydrogen (secondary N) is 1. The molecule has 6 heteroatoms.